The summed E-state index contributed by atoms with van der Waals surface area (Å²) in [4.78, 5) is 0. The zero-order chi connectivity index (χ0) is 14.8. The van der Waals surface area contributed by atoms with Gasteiger partial charge in [0.05, 0.1) is 35.3 Å². The fraction of sp³-hybridized carbons (Fsp3) is 0.538. The Labute approximate surface area is 124 Å². The van der Waals surface area contributed by atoms with Gasteiger partial charge in [-0.15, -0.1) is 0 Å². The van der Waals surface area contributed by atoms with E-state index in [2.05, 4.69) is 10.0 Å². The molecule has 1 aromatic carbocycles. The maximum Gasteiger partial charge on any atom is 0.229 e. The van der Waals surface area contributed by atoms with Crippen molar-refractivity contribution in [1.82, 2.24) is 0 Å². The fourth-order valence-corrected chi connectivity index (χ4v) is 2.81. The third-order valence-electron chi connectivity index (χ3n) is 3.15. The first-order valence-corrected chi connectivity index (χ1v) is 8.69. The van der Waals surface area contributed by atoms with Crippen LogP contribution in [0, 0.1) is 5.92 Å². The van der Waals surface area contributed by atoms with Crippen molar-refractivity contribution in [3.05, 3.63) is 23.2 Å². The Morgan fingerprint density at radius 3 is 2.70 bits per heavy atom. The van der Waals surface area contributed by atoms with Gasteiger partial charge < -0.3 is 10.1 Å². The zero-order valence-electron chi connectivity index (χ0n) is 11.5. The minimum atomic E-state index is -3.30. The summed E-state index contributed by atoms with van der Waals surface area (Å²) in [5.41, 5.74) is 1.21. The van der Waals surface area contributed by atoms with Crippen LogP contribution in [0.4, 0.5) is 11.4 Å². The average molecular weight is 319 g/mol. The summed E-state index contributed by atoms with van der Waals surface area (Å²) in [6.07, 6.45) is 3.48. The van der Waals surface area contributed by atoms with Crippen LogP contribution in [0.3, 0.4) is 0 Å². The first kappa shape index (κ1) is 15.4. The molecule has 0 radical (unpaired) electrons. The van der Waals surface area contributed by atoms with Gasteiger partial charge in [-0.25, -0.2) is 8.42 Å². The van der Waals surface area contributed by atoms with Gasteiger partial charge in [0.15, 0.2) is 0 Å². The Kier molecular flexibility index (Phi) is 4.78. The molecule has 1 aliphatic rings. The molecule has 0 bridgehead atoms. The largest absolute Gasteiger partial charge is 0.383 e. The molecule has 112 valence electrons. The Balaban J connectivity index is 2.15. The summed E-state index contributed by atoms with van der Waals surface area (Å²) in [5, 5.41) is 3.91. The van der Waals surface area contributed by atoms with Crippen LogP contribution in [-0.4, -0.2) is 34.4 Å². The smallest absolute Gasteiger partial charge is 0.229 e. The van der Waals surface area contributed by atoms with Crippen LogP contribution in [0.5, 0.6) is 0 Å². The molecule has 0 saturated heterocycles. The number of hydrogen-bond acceptors (Lipinski definition) is 4. The van der Waals surface area contributed by atoms with Crippen LogP contribution < -0.4 is 10.0 Å². The van der Waals surface area contributed by atoms with E-state index in [1.54, 1.807) is 25.3 Å². The number of rotatable bonds is 7. The predicted octanol–water partition coefficient (Wildman–Crippen LogP) is 2.55. The molecular weight excluding hydrogens is 300 g/mol. The molecule has 5 nitrogen and oxygen atoms in total. The van der Waals surface area contributed by atoms with Gasteiger partial charge in [0.25, 0.3) is 0 Å². The van der Waals surface area contributed by atoms with Crippen molar-refractivity contribution in [1.29, 1.82) is 0 Å². The number of sulfonamides is 1. The third kappa shape index (κ3) is 4.54. The van der Waals surface area contributed by atoms with Crippen LogP contribution >= 0.6 is 11.6 Å². The highest BCUT2D eigenvalue weighted by Gasteiger charge is 2.31. The lowest BCUT2D eigenvalue weighted by Gasteiger charge is -2.20. The maximum atomic E-state index is 11.3. The van der Waals surface area contributed by atoms with Crippen LogP contribution in [0.15, 0.2) is 18.2 Å². The SMILES string of the molecule is COCC(Nc1cc(NS(C)(=O)=O)ccc1Cl)C1CC1. The van der Waals surface area contributed by atoms with E-state index in [1.807, 2.05) is 0 Å². The van der Waals surface area contributed by atoms with Crippen molar-refractivity contribution in [2.75, 3.05) is 30.0 Å². The highest BCUT2D eigenvalue weighted by atomic mass is 35.5. The van der Waals surface area contributed by atoms with Gasteiger partial charge in [-0.1, -0.05) is 11.6 Å². The van der Waals surface area contributed by atoms with E-state index in [0.29, 0.717) is 28.9 Å². The summed E-state index contributed by atoms with van der Waals surface area (Å²) >= 11 is 6.16. The second-order valence-electron chi connectivity index (χ2n) is 5.11. The molecular formula is C13H19ClN2O3S. The third-order valence-corrected chi connectivity index (χ3v) is 4.08. The van der Waals surface area contributed by atoms with Gasteiger partial charge in [0.2, 0.25) is 10.0 Å². The Morgan fingerprint density at radius 2 is 2.15 bits per heavy atom. The lowest BCUT2D eigenvalue weighted by Crippen LogP contribution is -2.27. The Morgan fingerprint density at radius 1 is 1.45 bits per heavy atom. The second-order valence-corrected chi connectivity index (χ2v) is 7.27. The number of halogens is 1. The fourth-order valence-electron chi connectivity index (χ4n) is 2.09. The van der Waals surface area contributed by atoms with Gasteiger partial charge in [-0.3, -0.25) is 4.72 Å². The summed E-state index contributed by atoms with van der Waals surface area (Å²) in [6, 6.07) is 5.21. The first-order valence-electron chi connectivity index (χ1n) is 6.42. The predicted molar refractivity (Wildman–Crippen MR) is 81.9 cm³/mol. The molecule has 0 amide bonds. The lowest BCUT2D eigenvalue weighted by molar-refractivity contribution is 0.179. The van der Waals surface area contributed by atoms with Gasteiger partial charge in [-0.05, 0) is 37.0 Å². The molecule has 0 aromatic heterocycles. The number of benzene rings is 1. The maximum absolute atomic E-state index is 11.3. The van der Waals surface area contributed by atoms with Crippen molar-refractivity contribution in [2.45, 2.75) is 18.9 Å². The lowest BCUT2D eigenvalue weighted by atomic mass is 10.2. The van der Waals surface area contributed by atoms with Crippen LogP contribution in [0.2, 0.25) is 5.02 Å². The number of methoxy groups -OCH3 is 1. The first-order chi connectivity index (χ1) is 9.39. The van der Waals surface area contributed by atoms with Crippen LogP contribution in [0.25, 0.3) is 0 Å². The molecule has 7 heteroatoms. The topological polar surface area (TPSA) is 67.4 Å². The zero-order valence-corrected chi connectivity index (χ0v) is 13.1. The molecule has 1 fully saturated rings. The number of ether oxygens (including phenoxy) is 1. The normalized spacial score (nSPS) is 16.8. The molecule has 0 heterocycles. The second kappa shape index (κ2) is 6.20. The van der Waals surface area contributed by atoms with Crippen molar-refractivity contribution in [3.8, 4) is 0 Å². The quantitative estimate of drug-likeness (QED) is 0.810. The van der Waals surface area contributed by atoms with E-state index in [-0.39, 0.29) is 6.04 Å². The summed E-state index contributed by atoms with van der Waals surface area (Å²) in [5.74, 6) is 0.595. The van der Waals surface area contributed by atoms with E-state index in [4.69, 9.17) is 16.3 Å². The molecule has 1 aromatic rings. The molecule has 0 aliphatic heterocycles. The average Bonchev–Trinajstić information content (AvgIpc) is 3.15. The van der Waals surface area contributed by atoms with E-state index in [9.17, 15) is 8.42 Å². The monoisotopic (exact) mass is 318 g/mol. The van der Waals surface area contributed by atoms with Gasteiger partial charge in [0.1, 0.15) is 0 Å². The van der Waals surface area contributed by atoms with E-state index in [1.165, 1.54) is 12.8 Å². The molecule has 1 saturated carbocycles. The van der Waals surface area contributed by atoms with Gasteiger partial charge in [0, 0.05) is 7.11 Å². The van der Waals surface area contributed by atoms with Crippen molar-refractivity contribution in [3.63, 3.8) is 0 Å². The van der Waals surface area contributed by atoms with Crippen molar-refractivity contribution < 1.29 is 13.2 Å². The molecule has 20 heavy (non-hydrogen) atoms. The molecule has 2 rings (SSSR count). The van der Waals surface area contributed by atoms with E-state index < -0.39 is 10.0 Å². The van der Waals surface area contributed by atoms with Gasteiger partial charge in [-0.2, -0.15) is 0 Å². The van der Waals surface area contributed by atoms with Gasteiger partial charge >= 0.3 is 0 Å². The molecule has 0 spiro atoms. The summed E-state index contributed by atoms with van der Waals surface area (Å²) in [7, 11) is -1.63. The van der Waals surface area contributed by atoms with Crippen LogP contribution in [-0.2, 0) is 14.8 Å². The Bertz CT molecular complexity index is 573. The molecule has 1 atom stereocenters. The highest BCUT2D eigenvalue weighted by molar-refractivity contribution is 7.92. The molecule has 2 N–H and O–H groups in total. The summed E-state index contributed by atoms with van der Waals surface area (Å²) in [6.45, 7) is 0.602. The number of anilines is 2. The van der Waals surface area contributed by atoms with E-state index >= 15 is 0 Å². The molecule has 1 unspecified atom stereocenters. The standard InChI is InChI=1S/C13H19ClN2O3S/c1-19-8-13(9-3-4-9)15-12-7-10(5-6-11(12)14)16-20(2,17)18/h5-7,9,13,15-16H,3-4,8H2,1-2H3. The van der Waals surface area contributed by atoms with Crippen molar-refractivity contribution >= 4 is 33.0 Å². The number of hydrogen-bond donors (Lipinski definition) is 2. The molecule has 1 aliphatic carbocycles. The minimum Gasteiger partial charge on any atom is -0.383 e. The van der Waals surface area contributed by atoms with E-state index in [0.717, 1.165) is 6.26 Å². The summed E-state index contributed by atoms with van der Waals surface area (Å²) < 4.78 is 30.2. The highest BCUT2D eigenvalue weighted by Crippen LogP contribution is 2.36. The number of nitrogens with one attached hydrogen (secondary N) is 2. The van der Waals surface area contributed by atoms with Crippen LogP contribution in [0.1, 0.15) is 12.8 Å². The Hall–Kier alpha value is -0.980. The minimum absolute atomic E-state index is 0.200. The van der Waals surface area contributed by atoms with Crippen molar-refractivity contribution in [2.24, 2.45) is 5.92 Å².